The maximum absolute atomic E-state index is 12.2. The zero-order chi connectivity index (χ0) is 19.8. The number of rotatable bonds is 8. The monoisotopic (exact) mass is 375 g/mol. The first-order valence-electron chi connectivity index (χ1n) is 8.89. The summed E-state index contributed by atoms with van der Waals surface area (Å²) in [6.45, 7) is 0.631. The maximum Gasteiger partial charge on any atom is 0.220 e. The predicted molar refractivity (Wildman–Crippen MR) is 107 cm³/mol. The standard InChI is InChI=1S/C22H21N3O3/c1-3-12-28-20-8-5-16(14-21(20)27-2)6-9-22(26)25-15-17-4-7-18-19(13-17)24-11-10-23-18/h1,4-5,7-8,10-11,13-14H,6,9,12,15H2,2H3,(H,25,26). The van der Waals surface area contributed by atoms with Gasteiger partial charge in [0.2, 0.25) is 5.91 Å². The molecule has 6 nitrogen and oxygen atoms in total. The van der Waals surface area contributed by atoms with Gasteiger partial charge in [-0.15, -0.1) is 6.42 Å². The van der Waals surface area contributed by atoms with E-state index < -0.39 is 0 Å². The molecule has 0 fully saturated rings. The van der Waals surface area contributed by atoms with Crippen molar-refractivity contribution >= 4 is 16.9 Å². The van der Waals surface area contributed by atoms with E-state index in [1.165, 1.54) is 0 Å². The molecule has 0 unspecified atom stereocenters. The lowest BCUT2D eigenvalue weighted by Gasteiger charge is -2.11. The van der Waals surface area contributed by atoms with Crippen molar-refractivity contribution in [1.29, 1.82) is 0 Å². The zero-order valence-corrected chi connectivity index (χ0v) is 15.6. The van der Waals surface area contributed by atoms with Gasteiger partial charge in [-0.1, -0.05) is 18.1 Å². The molecule has 0 spiro atoms. The third kappa shape index (κ3) is 4.98. The van der Waals surface area contributed by atoms with Crippen LogP contribution in [0.2, 0.25) is 0 Å². The van der Waals surface area contributed by atoms with Crippen LogP contribution >= 0.6 is 0 Å². The largest absolute Gasteiger partial charge is 0.493 e. The number of hydrogen-bond donors (Lipinski definition) is 1. The number of hydrogen-bond acceptors (Lipinski definition) is 5. The number of nitrogens with one attached hydrogen (secondary N) is 1. The molecule has 0 radical (unpaired) electrons. The maximum atomic E-state index is 12.2. The second-order valence-corrected chi connectivity index (χ2v) is 6.13. The fourth-order valence-corrected chi connectivity index (χ4v) is 2.77. The normalized spacial score (nSPS) is 10.3. The van der Waals surface area contributed by atoms with Gasteiger partial charge in [0.1, 0.15) is 6.61 Å². The number of benzene rings is 2. The van der Waals surface area contributed by atoms with Gasteiger partial charge < -0.3 is 14.8 Å². The summed E-state index contributed by atoms with van der Waals surface area (Å²) in [5, 5.41) is 2.94. The van der Waals surface area contributed by atoms with Gasteiger partial charge in [-0.2, -0.15) is 0 Å². The first-order valence-corrected chi connectivity index (χ1v) is 8.89. The lowest BCUT2D eigenvalue weighted by molar-refractivity contribution is -0.121. The minimum Gasteiger partial charge on any atom is -0.493 e. The van der Waals surface area contributed by atoms with Crippen LogP contribution in [-0.4, -0.2) is 29.6 Å². The Hall–Kier alpha value is -3.59. The number of nitrogens with zero attached hydrogens (tertiary/aromatic N) is 2. The van der Waals surface area contributed by atoms with Gasteiger partial charge in [0, 0.05) is 25.4 Å². The number of carbonyl (C=O) groups is 1. The van der Waals surface area contributed by atoms with Crippen LogP contribution in [0, 0.1) is 12.3 Å². The third-order valence-electron chi connectivity index (χ3n) is 4.20. The molecule has 1 N–H and O–H groups in total. The van der Waals surface area contributed by atoms with Crippen molar-refractivity contribution in [1.82, 2.24) is 15.3 Å². The molecule has 3 rings (SSSR count). The van der Waals surface area contributed by atoms with Crippen molar-refractivity contribution in [3.63, 3.8) is 0 Å². The lowest BCUT2D eigenvalue weighted by atomic mass is 10.1. The first kappa shape index (κ1) is 19.2. The Morgan fingerprint density at radius 1 is 1.07 bits per heavy atom. The van der Waals surface area contributed by atoms with Crippen molar-refractivity contribution in [2.24, 2.45) is 0 Å². The highest BCUT2D eigenvalue weighted by atomic mass is 16.5. The van der Waals surface area contributed by atoms with E-state index in [1.54, 1.807) is 25.6 Å². The average Bonchev–Trinajstić information content (AvgIpc) is 2.74. The number of aryl methyl sites for hydroxylation is 1. The number of methoxy groups -OCH3 is 1. The second-order valence-electron chi connectivity index (χ2n) is 6.13. The Balaban J connectivity index is 1.52. The van der Waals surface area contributed by atoms with E-state index in [0.717, 1.165) is 22.2 Å². The van der Waals surface area contributed by atoms with Crippen LogP contribution in [0.25, 0.3) is 11.0 Å². The molecule has 0 saturated carbocycles. The molecule has 0 atom stereocenters. The number of ether oxygens (including phenoxy) is 2. The fraction of sp³-hybridized carbons (Fsp3) is 0.227. The van der Waals surface area contributed by atoms with Crippen molar-refractivity contribution in [3.8, 4) is 23.8 Å². The van der Waals surface area contributed by atoms with Crippen LogP contribution in [0.5, 0.6) is 11.5 Å². The van der Waals surface area contributed by atoms with Crippen LogP contribution in [0.15, 0.2) is 48.8 Å². The van der Waals surface area contributed by atoms with Gasteiger partial charge in [0.15, 0.2) is 11.5 Å². The Morgan fingerprint density at radius 3 is 2.64 bits per heavy atom. The quantitative estimate of drug-likeness (QED) is 0.613. The van der Waals surface area contributed by atoms with Crippen molar-refractivity contribution in [2.45, 2.75) is 19.4 Å². The minimum atomic E-state index is -0.0223. The highest BCUT2D eigenvalue weighted by Gasteiger charge is 2.08. The summed E-state index contributed by atoms with van der Waals surface area (Å²) in [5.74, 6) is 3.59. The summed E-state index contributed by atoms with van der Waals surface area (Å²) in [5.41, 5.74) is 3.62. The molecular formula is C22H21N3O3. The summed E-state index contributed by atoms with van der Waals surface area (Å²) in [6.07, 6.45) is 9.50. The Kier molecular flexibility index (Phi) is 6.42. The summed E-state index contributed by atoms with van der Waals surface area (Å²) in [4.78, 5) is 20.7. The highest BCUT2D eigenvalue weighted by molar-refractivity contribution is 5.77. The van der Waals surface area contributed by atoms with E-state index in [1.807, 2.05) is 30.3 Å². The van der Waals surface area contributed by atoms with Crippen LogP contribution in [0.3, 0.4) is 0 Å². The molecule has 0 saturated heterocycles. The van der Waals surface area contributed by atoms with Gasteiger partial charge in [-0.3, -0.25) is 14.8 Å². The summed E-state index contributed by atoms with van der Waals surface area (Å²) < 4.78 is 10.8. The minimum absolute atomic E-state index is 0.0223. The van der Waals surface area contributed by atoms with Gasteiger partial charge in [-0.05, 0) is 41.8 Å². The molecule has 0 bridgehead atoms. The second kappa shape index (κ2) is 9.38. The molecule has 1 aromatic heterocycles. The highest BCUT2D eigenvalue weighted by Crippen LogP contribution is 2.28. The molecule has 2 aromatic carbocycles. The Bertz CT molecular complexity index is 1010. The van der Waals surface area contributed by atoms with E-state index in [4.69, 9.17) is 15.9 Å². The Labute approximate surface area is 163 Å². The van der Waals surface area contributed by atoms with Gasteiger partial charge >= 0.3 is 0 Å². The third-order valence-corrected chi connectivity index (χ3v) is 4.20. The van der Waals surface area contributed by atoms with Crippen LogP contribution in [0.1, 0.15) is 17.5 Å². The van der Waals surface area contributed by atoms with Crippen LogP contribution < -0.4 is 14.8 Å². The Morgan fingerprint density at radius 2 is 1.86 bits per heavy atom. The van der Waals surface area contributed by atoms with E-state index in [9.17, 15) is 4.79 Å². The molecule has 6 heteroatoms. The number of amides is 1. The molecule has 1 heterocycles. The number of aromatic nitrogens is 2. The van der Waals surface area contributed by atoms with E-state index in [0.29, 0.717) is 30.9 Å². The van der Waals surface area contributed by atoms with Crippen molar-refractivity contribution < 1.29 is 14.3 Å². The zero-order valence-electron chi connectivity index (χ0n) is 15.6. The van der Waals surface area contributed by atoms with Gasteiger partial charge in [-0.25, -0.2) is 0 Å². The van der Waals surface area contributed by atoms with E-state index in [-0.39, 0.29) is 12.5 Å². The van der Waals surface area contributed by atoms with Crippen LogP contribution in [0.4, 0.5) is 0 Å². The van der Waals surface area contributed by atoms with Gasteiger partial charge in [0.25, 0.3) is 0 Å². The SMILES string of the molecule is C#CCOc1ccc(CCC(=O)NCc2ccc3nccnc3c2)cc1OC. The number of terminal acetylenes is 1. The molecule has 142 valence electrons. The molecule has 0 aliphatic heterocycles. The van der Waals surface area contributed by atoms with Crippen molar-refractivity contribution in [2.75, 3.05) is 13.7 Å². The summed E-state index contributed by atoms with van der Waals surface area (Å²) >= 11 is 0. The smallest absolute Gasteiger partial charge is 0.220 e. The predicted octanol–water partition coefficient (Wildman–Crippen LogP) is 2.90. The molecule has 1 amide bonds. The van der Waals surface area contributed by atoms with Crippen LogP contribution in [-0.2, 0) is 17.8 Å². The number of fused-ring (bicyclic) bond motifs is 1. The van der Waals surface area contributed by atoms with E-state index >= 15 is 0 Å². The molecular weight excluding hydrogens is 354 g/mol. The molecule has 0 aliphatic carbocycles. The summed E-state index contributed by atoms with van der Waals surface area (Å²) in [7, 11) is 1.57. The van der Waals surface area contributed by atoms with E-state index in [2.05, 4.69) is 21.2 Å². The lowest BCUT2D eigenvalue weighted by Crippen LogP contribution is -2.23. The van der Waals surface area contributed by atoms with Crippen molar-refractivity contribution in [3.05, 3.63) is 59.9 Å². The molecule has 3 aromatic rings. The summed E-state index contributed by atoms with van der Waals surface area (Å²) in [6, 6.07) is 11.4. The topological polar surface area (TPSA) is 73.3 Å². The molecule has 28 heavy (non-hydrogen) atoms. The number of carbonyl (C=O) groups excluding carboxylic acids is 1. The average molecular weight is 375 g/mol. The fourth-order valence-electron chi connectivity index (χ4n) is 2.77. The first-order chi connectivity index (χ1) is 13.7. The molecule has 0 aliphatic rings. The van der Waals surface area contributed by atoms with Gasteiger partial charge in [0.05, 0.1) is 18.1 Å².